The summed E-state index contributed by atoms with van der Waals surface area (Å²) >= 11 is 0. The molecule has 1 aromatic heterocycles. The standard InChI is InChI=1S/C18H24N4O3S/c1-13-6-8-16(9-7-13)26(24,25)22-10-4-5-15(12-22)18(23)19-17-11-14(2)20-21(17)3/h6-9,11,15H,4-5,10,12H2,1-3H3,(H,19,23). The molecule has 1 saturated heterocycles. The van der Waals surface area contributed by atoms with E-state index in [0.717, 1.165) is 11.3 Å². The Labute approximate surface area is 154 Å². The van der Waals surface area contributed by atoms with Gasteiger partial charge in [0.15, 0.2) is 0 Å². The molecule has 0 radical (unpaired) electrons. The predicted octanol–water partition coefficient (Wildman–Crippen LogP) is 2.08. The van der Waals surface area contributed by atoms with Gasteiger partial charge in [0.2, 0.25) is 15.9 Å². The third-order valence-electron chi connectivity index (χ3n) is 4.67. The summed E-state index contributed by atoms with van der Waals surface area (Å²) < 4.78 is 28.7. The summed E-state index contributed by atoms with van der Waals surface area (Å²) in [4.78, 5) is 12.9. The third-order valence-corrected chi connectivity index (χ3v) is 6.55. The summed E-state index contributed by atoms with van der Waals surface area (Å²) in [6.07, 6.45) is 1.33. The molecular formula is C18H24N4O3S. The van der Waals surface area contributed by atoms with Gasteiger partial charge >= 0.3 is 0 Å². The lowest BCUT2D eigenvalue weighted by molar-refractivity contribution is -0.120. The second-order valence-corrected chi connectivity index (χ2v) is 8.74. The largest absolute Gasteiger partial charge is 0.311 e. The van der Waals surface area contributed by atoms with Gasteiger partial charge in [0, 0.05) is 26.2 Å². The molecule has 1 aliphatic heterocycles. The van der Waals surface area contributed by atoms with Crippen molar-refractivity contribution >= 4 is 21.7 Å². The number of nitrogens with one attached hydrogen (secondary N) is 1. The van der Waals surface area contributed by atoms with E-state index < -0.39 is 10.0 Å². The van der Waals surface area contributed by atoms with Gasteiger partial charge in [-0.2, -0.15) is 9.40 Å². The Hall–Kier alpha value is -2.19. The first-order chi connectivity index (χ1) is 12.3. The van der Waals surface area contributed by atoms with Crippen LogP contribution in [0.25, 0.3) is 0 Å². The lowest BCUT2D eigenvalue weighted by atomic mass is 9.99. The summed E-state index contributed by atoms with van der Waals surface area (Å²) in [5.41, 5.74) is 1.82. The van der Waals surface area contributed by atoms with Gasteiger partial charge < -0.3 is 5.32 Å². The quantitative estimate of drug-likeness (QED) is 0.885. The number of amides is 1. The van der Waals surface area contributed by atoms with Crippen molar-refractivity contribution in [3.8, 4) is 0 Å². The molecule has 2 aromatic rings. The zero-order valence-corrected chi connectivity index (χ0v) is 16.1. The van der Waals surface area contributed by atoms with Crippen molar-refractivity contribution < 1.29 is 13.2 Å². The maximum Gasteiger partial charge on any atom is 0.243 e. The summed E-state index contributed by atoms with van der Waals surface area (Å²) in [6, 6.07) is 8.60. The highest BCUT2D eigenvalue weighted by Gasteiger charge is 2.33. The van der Waals surface area contributed by atoms with Crippen molar-refractivity contribution in [2.75, 3.05) is 18.4 Å². The molecule has 26 heavy (non-hydrogen) atoms. The van der Waals surface area contributed by atoms with Crippen molar-refractivity contribution in [2.24, 2.45) is 13.0 Å². The van der Waals surface area contributed by atoms with Crippen LogP contribution in [-0.2, 0) is 21.9 Å². The fourth-order valence-corrected chi connectivity index (χ4v) is 4.71. The van der Waals surface area contributed by atoms with Crippen LogP contribution >= 0.6 is 0 Å². The van der Waals surface area contributed by atoms with Crippen molar-refractivity contribution in [3.05, 3.63) is 41.6 Å². The van der Waals surface area contributed by atoms with E-state index >= 15 is 0 Å². The van der Waals surface area contributed by atoms with Gasteiger partial charge in [0.05, 0.1) is 16.5 Å². The lowest BCUT2D eigenvalue weighted by Crippen LogP contribution is -2.43. The SMILES string of the molecule is Cc1ccc(S(=O)(=O)N2CCCC(C(=O)Nc3cc(C)nn3C)C2)cc1. The van der Waals surface area contributed by atoms with Crippen LogP contribution in [0.1, 0.15) is 24.1 Å². The first-order valence-corrected chi connectivity index (χ1v) is 10.1. The highest BCUT2D eigenvalue weighted by Crippen LogP contribution is 2.25. The Kier molecular flexibility index (Phi) is 5.15. The fraction of sp³-hybridized carbons (Fsp3) is 0.444. The minimum absolute atomic E-state index is 0.170. The van der Waals surface area contributed by atoms with Crippen LogP contribution in [0.15, 0.2) is 35.2 Å². The van der Waals surface area contributed by atoms with E-state index in [1.807, 2.05) is 13.8 Å². The zero-order valence-electron chi connectivity index (χ0n) is 15.3. The molecule has 140 valence electrons. The van der Waals surface area contributed by atoms with Crippen LogP contribution in [0.5, 0.6) is 0 Å². The Bertz CT molecular complexity index is 903. The smallest absolute Gasteiger partial charge is 0.243 e. The molecule has 1 unspecified atom stereocenters. The van der Waals surface area contributed by atoms with E-state index in [2.05, 4.69) is 10.4 Å². The Morgan fingerprint density at radius 2 is 1.92 bits per heavy atom. The van der Waals surface area contributed by atoms with Crippen LogP contribution in [0.2, 0.25) is 0 Å². The normalized spacial score (nSPS) is 18.7. The minimum atomic E-state index is -3.59. The fourth-order valence-electron chi connectivity index (χ4n) is 3.19. The average Bonchev–Trinajstić information content (AvgIpc) is 2.92. The number of benzene rings is 1. The van der Waals surface area contributed by atoms with Gasteiger partial charge in [-0.25, -0.2) is 8.42 Å². The summed E-state index contributed by atoms with van der Waals surface area (Å²) in [5, 5.41) is 7.07. The maximum atomic E-state index is 12.9. The number of carbonyl (C=O) groups is 1. The van der Waals surface area contributed by atoms with E-state index in [0.29, 0.717) is 25.2 Å². The van der Waals surface area contributed by atoms with Gasteiger partial charge in [0.1, 0.15) is 5.82 Å². The Morgan fingerprint density at radius 3 is 2.54 bits per heavy atom. The molecule has 1 amide bonds. The number of rotatable bonds is 4. The number of sulfonamides is 1. The molecule has 8 heteroatoms. The van der Waals surface area contributed by atoms with E-state index in [-0.39, 0.29) is 23.3 Å². The zero-order chi connectivity index (χ0) is 18.9. The number of aryl methyl sites for hydroxylation is 3. The van der Waals surface area contributed by atoms with Crippen molar-refractivity contribution in [3.63, 3.8) is 0 Å². The first kappa shape index (κ1) is 18.6. The van der Waals surface area contributed by atoms with Crippen LogP contribution in [0.4, 0.5) is 5.82 Å². The summed E-state index contributed by atoms with van der Waals surface area (Å²) in [7, 11) is -1.82. The number of hydrogen-bond acceptors (Lipinski definition) is 4. The summed E-state index contributed by atoms with van der Waals surface area (Å²) in [5.74, 6) is 0.0713. The van der Waals surface area contributed by atoms with Gasteiger partial charge in [-0.15, -0.1) is 0 Å². The van der Waals surface area contributed by atoms with E-state index in [1.54, 1.807) is 42.1 Å². The molecule has 3 rings (SSSR count). The van der Waals surface area contributed by atoms with Gasteiger partial charge in [-0.1, -0.05) is 17.7 Å². The van der Waals surface area contributed by atoms with Crippen molar-refractivity contribution in [2.45, 2.75) is 31.6 Å². The van der Waals surface area contributed by atoms with E-state index in [4.69, 9.17) is 0 Å². The highest BCUT2D eigenvalue weighted by atomic mass is 32.2. The monoisotopic (exact) mass is 376 g/mol. The first-order valence-electron chi connectivity index (χ1n) is 8.65. The number of hydrogen-bond donors (Lipinski definition) is 1. The molecular weight excluding hydrogens is 352 g/mol. The average molecular weight is 376 g/mol. The minimum Gasteiger partial charge on any atom is -0.311 e. The molecule has 7 nitrogen and oxygen atoms in total. The van der Waals surface area contributed by atoms with E-state index in [1.165, 1.54) is 4.31 Å². The van der Waals surface area contributed by atoms with E-state index in [9.17, 15) is 13.2 Å². The number of carbonyl (C=O) groups excluding carboxylic acids is 1. The number of anilines is 1. The third kappa shape index (κ3) is 3.81. The van der Waals surface area contributed by atoms with Gasteiger partial charge in [0.25, 0.3) is 0 Å². The molecule has 1 N–H and O–H groups in total. The molecule has 0 saturated carbocycles. The second-order valence-electron chi connectivity index (χ2n) is 6.80. The van der Waals surface area contributed by atoms with Crippen molar-refractivity contribution in [1.82, 2.24) is 14.1 Å². The number of aromatic nitrogens is 2. The van der Waals surface area contributed by atoms with Crippen LogP contribution < -0.4 is 5.32 Å². The molecule has 0 bridgehead atoms. The van der Waals surface area contributed by atoms with Crippen LogP contribution in [-0.4, -0.2) is 41.5 Å². The highest BCUT2D eigenvalue weighted by molar-refractivity contribution is 7.89. The molecule has 0 aliphatic carbocycles. The van der Waals surface area contributed by atoms with Crippen LogP contribution in [0.3, 0.4) is 0 Å². The number of nitrogens with zero attached hydrogens (tertiary/aromatic N) is 3. The molecule has 0 spiro atoms. The Balaban J connectivity index is 1.73. The van der Waals surface area contributed by atoms with Crippen molar-refractivity contribution in [1.29, 1.82) is 0 Å². The topological polar surface area (TPSA) is 84.3 Å². The maximum absolute atomic E-state index is 12.9. The molecule has 1 aliphatic rings. The Morgan fingerprint density at radius 1 is 1.23 bits per heavy atom. The molecule has 2 heterocycles. The van der Waals surface area contributed by atoms with Crippen LogP contribution in [0, 0.1) is 19.8 Å². The molecule has 1 atom stereocenters. The molecule has 1 fully saturated rings. The van der Waals surface area contributed by atoms with Gasteiger partial charge in [-0.05, 0) is 38.8 Å². The number of piperidine rings is 1. The molecule has 1 aromatic carbocycles. The lowest BCUT2D eigenvalue weighted by Gasteiger charge is -2.31. The van der Waals surface area contributed by atoms with Gasteiger partial charge in [-0.3, -0.25) is 9.48 Å². The summed E-state index contributed by atoms with van der Waals surface area (Å²) in [6.45, 7) is 4.40. The predicted molar refractivity (Wildman–Crippen MR) is 99.2 cm³/mol. The second kappa shape index (κ2) is 7.20.